The maximum absolute atomic E-state index is 13.2. The molecule has 1 amide bonds. The third kappa shape index (κ3) is 5.81. The number of fused-ring (bicyclic) bond motifs is 1. The Bertz CT molecular complexity index is 1370. The molecule has 2 aromatic heterocycles. The van der Waals surface area contributed by atoms with E-state index >= 15 is 0 Å². The molecule has 0 aliphatic carbocycles. The van der Waals surface area contributed by atoms with E-state index in [-0.39, 0.29) is 24.4 Å². The van der Waals surface area contributed by atoms with Crippen molar-refractivity contribution in [3.8, 4) is 5.75 Å². The van der Waals surface area contributed by atoms with Crippen molar-refractivity contribution >= 4 is 11.6 Å². The number of rotatable bonds is 9. The van der Waals surface area contributed by atoms with Crippen molar-refractivity contribution < 1.29 is 13.9 Å². The molecule has 1 aliphatic rings. The van der Waals surface area contributed by atoms with Gasteiger partial charge in [0.15, 0.2) is 0 Å². The average Bonchev–Trinajstić information content (AvgIpc) is 3.55. The smallest absolute Gasteiger partial charge is 0.257 e. The molecule has 192 valence electrons. The van der Waals surface area contributed by atoms with Gasteiger partial charge in [-0.2, -0.15) is 0 Å². The highest BCUT2D eigenvalue weighted by atomic mass is 19.1. The molecule has 2 N–H and O–H groups in total. The summed E-state index contributed by atoms with van der Waals surface area (Å²) in [6.07, 6.45) is 6.62. The Morgan fingerprint density at radius 2 is 1.95 bits per heavy atom. The average molecular weight is 502 g/mol. The molecule has 0 saturated carbocycles. The highest BCUT2D eigenvalue weighted by Crippen LogP contribution is 2.25. The second-order valence-electron chi connectivity index (χ2n) is 9.63. The number of hydrogen-bond donors (Lipinski definition) is 2. The Morgan fingerprint density at radius 3 is 2.76 bits per heavy atom. The van der Waals surface area contributed by atoms with Gasteiger partial charge in [-0.05, 0) is 67.6 Å². The molecule has 7 nitrogen and oxygen atoms in total. The first-order valence-corrected chi connectivity index (χ1v) is 12.6. The molecule has 1 saturated heterocycles. The van der Waals surface area contributed by atoms with Crippen LogP contribution in [0.1, 0.15) is 52.5 Å². The zero-order valence-electron chi connectivity index (χ0n) is 21.2. The summed E-state index contributed by atoms with van der Waals surface area (Å²) in [7, 11) is 1.83. The summed E-state index contributed by atoms with van der Waals surface area (Å²) >= 11 is 0. The van der Waals surface area contributed by atoms with Crippen LogP contribution in [0.5, 0.6) is 5.75 Å². The molecule has 2 unspecified atom stereocenters. The third-order valence-electron chi connectivity index (χ3n) is 6.87. The lowest BCUT2D eigenvalue weighted by Gasteiger charge is -2.20. The number of benzene rings is 2. The first kappa shape index (κ1) is 24.9. The molecule has 2 aromatic carbocycles. The number of aryl methyl sites for hydroxylation is 1. The van der Waals surface area contributed by atoms with E-state index in [1.54, 1.807) is 11.0 Å². The minimum Gasteiger partial charge on any atom is -0.486 e. The van der Waals surface area contributed by atoms with Crippen LogP contribution in [0, 0.1) is 12.7 Å². The first-order valence-electron chi connectivity index (χ1n) is 12.6. The number of amides is 1. The Balaban J connectivity index is 1.13. The van der Waals surface area contributed by atoms with Gasteiger partial charge in [0, 0.05) is 38.1 Å². The summed E-state index contributed by atoms with van der Waals surface area (Å²) in [6.45, 7) is 2.95. The molecular weight excluding hydrogens is 469 g/mol. The van der Waals surface area contributed by atoms with Gasteiger partial charge in [-0.1, -0.05) is 30.3 Å². The van der Waals surface area contributed by atoms with E-state index in [1.165, 1.54) is 12.1 Å². The number of hydrogen-bond acceptors (Lipinski definition) is 5. The molecule has 0 spiro atoms. The molecule has 3 heterocycles. The number of imidazole rings is 1. The van der Waals surface area contributed by atoms with E-state index in [4.69, 9.17) is 4.74 Å². The van der Waals surface area contributed by atoms with Crippen molar-refractivity contribution in [2.24, 2.45) is 0 Å². The minimum absolute atomic E-state index is 0.0665. The quantitative estimate of drug-likeness (QED) is 0.344. The van der Waals surface area contributed by atoms with Crippen LogP contribution in [-0.4, -0.2) is 39.8 Å². The van der Waals surface area contributed by atoms with Crippen molar-refractivity contribution in [3.05, 3.63) is 101 Å². The van der Waals surface area contributed by atoms with Crippen molar-refractivity contribution in [1.82, 2.24) is 25.1 Å². The Labute approximate surface area is 216 Å². The molecule has 8 heteroatoms. The lowest BCUT2D eigenvalue weighted by Crippen LogP contribution is -2.32. The fraction of sp³-hybridized carbons (Fsp3) is 0.310. The molecule has 37 heavy (non-hydrogen) atoms. The summed E-state index contributed by atoms with van der Waals surface area (Å²) in [5, 5.41) is 0. The monoisotopic (exact) mass is 501 g/mol. The lowest BCUT2D eigenvalue weighted by atomic mass is 9.99. The van der Waals surface area contributed by atoms with Gasteiger partial charge in [-0.15, -0.1) is 0 Å². The number of hydrazine groups is 1. The van der Waals surface area contributed by atoms with Gasteiger partial charge < -0.3 is 14.0 Å². The van der Waals surface area contributed by atoms with Crippen molar-refractivity contribution in [2.45, 2.75) is 44.9 Å². The summed E-state index contributed by atoms with van der Waals surface area (Å²) < 4.78 is 21.2. The molecule has 0 bridgehead atoms. The lowest BCUT2D eigenvalue weighted by molar-refractivity contribution is 0.0786. The number of pyridine rings is 1. The van der Waals surface area contributed by atoms with E-state index in [2.05, 4.69) is 15.8 Å². The highest BCUT2D eigenvalue weighted by molar-refractivity contribution is 5.96. The third-order valence-corrected chi connectivity index (χ3v) is 6.87. The van der Waals surface area contributed by atoms with Crippen LogP contribution in [0.4, 0.5) is 4.39 Å². The maximum Gasteiger partial charge on any atom is 0.257 e. The maximum atomic E-state index is 13.2. The van der Waals surface area contributed by atoms with Gasteiger partial charge in [-0.3, -0.25) is 15.6 Å². The number of aromatic nitrogens is 2. The predicted octanol–water partition coefficient (Wildman–Crippen LogP) is 4.82. The van der Waals surface area contributed by atoms with Crippen LogP contribution in [0.2, 0.25) is 0 Å². The van der Waals surface area contributed by atoms with Crippen molar-refractivity contribution in [3.63, 3.8) is 0 Å². The van der Waals surface area contributed by atoms with E-state index < -0.39 is 0 Å². The Morgan fingerprint density at radius 1 is 1.14 bits per heavy atom. The van der Waals surface area contributed by atoms with E-state index in [0.29, 0.717) is 23.9 Å². The summed E-state index contributed by atoms with van der Waals surface area (Å²) in [5.41, 5.74) is 11.1. The standard InChI is InChI=1S/C29H32FN5O2/c1-20-7-5-16-35-18-24(31-28(20)35)19-37-27-10-4-3-9-25(27)29(36)34(2)15-6-8-23-17-26(33-32-23)21-11-13-22(30)14-12-21/h3-5,7,9-14,16,18,23,26,32-33H,6,8,15,17,19H2,1-2H3. The number of ether oxygens (including phenoxy) is 1. The fourth-order valence-electron chi connectivity index (χ4n) is 4.80. The molecule has 0 radical (unpaired) electrons. The van der Waals surface area contributed by atoms with Gasteiger partial charge in [-0.25, -0.2) is 9.37 Å². The SMILES string of the molecule is Cc1cccn2cc(COc3ccccc3C(=O)N(C)CCCC3CC(c4ccc(F)cc4)NN3)nc12. The van der Waals surface area contributed by atoms with Crippen LogP contribution < -0.4 is 15.6 Å². The van der Waals surface area contributed by atoms with Crippen molar-refractivity contribution in [2.75, 3.05) is 13.6 Å². The van der Waals surface area contributed by atoms with E-state index in [1.807, 2.05) is 73.2 Å². The van der Waals surface area contributed by atoms with E-state index in [9.17, 15) is 9.18 Å². The predicted molar refractivity (Wildman–Crippen MR) is 141 cm³/mol. The van der Waals surface area contributed by atoms with E-state index in [0.717, 1.165) is 41.7 Å². The number of halogens is 1. The zero-order chi connectivity index (χ0) is 25.8. The Kier molecular flexibility index (Phi) is 7.48. The first-order chi connectivity index (χ1) is 18.0. The van der Waals surface area contributed by atoms with Crippen LogP contribution in [0.3, 0.4) is 0 Å². The number of nitrogens with one attached hydrogen (secondary N) is 2. The van der Waals surface area contributed by atoms with Crippen LogP contribution in [-0.2, 0) is 6.61 Å². The molecule has 4 aromatic rings. The molecule has 2 atom stereocenters. The summed E-state index contributed by atoms with van der Waals surface area (Å²) in [4.78, 5) is 19.6. The zero-order valence-corrected chi connectivity index (χ0v) is 21.2. The van der Waals surface area contributed by atoms with Crippen LogP contribution in [0.25, 0.3) is 5.65 Å². The molecular formula is C29H32FN5O2. The van der Waals surface area contributed by atoms with Gasteiger partial charge in [0.2, 0.25) is 0 Å². The summed E-state index contributed by atoms with van der Waals surface area (Å²) in [6, 6.07) is 18.4. The number of nitrogens with zero attached hydrogens (tertiary/aromatic N) is 3. The van der Waals surface area contributed by atoms with Gasteiger partial charge in [0.1, 0.15) is 23.8 Å². The topological polar surface area (TPSA) is 70.9 Å². The van der Waals surface area contributed by atoms with Gasteiger partial charge in [0.25, 0.3) is 5.91 Å². The summed E-state index contributed by atoms with van der Waals surface area (Å²) in [5.74, 6) is 0.260. The molecule has 5 rings (SSSR count). The molecule has 1 aliphatic heterocycles. The molecule has 1 fully saturated rings. The van der Waals surface area contributed by atoms with Crippen LogP contribution >= 0.6 is 0 Å². The largest absolute Gasteiger partial charge is 0.486 e. The minimum atomic E-state index is -0.226. The second kappa shape index (κ2) is 11.1. The van der Waals surface area contributed by atoms with Crippen LogP contribution in [0.15, 0.2) is 73.1 Å². The fourth-order valence-corrected chi connectivity index (χ4v) is 4.80. The highest BCUT2D eigenvalue weighted by Gasteiger charge is 2.25. The second-order valence-corrected chi connectivity index (χ2v) is 9.63. The van der Waals surface area contributed by atoms with Gasteiger partial charge in [0.05, 0.1) is 11.3 Å². The number of carbonyl (C=O) groups excluding carboxylic acids is 1. The van der Waals surface area contributed by atoms with Crippen molar-refractivity contribution in [1.29, 1.82) is 0 Å². The normalized spacial score (nSPS) is 17.3. The number of carbonyl (C=O) groups is 1. The van der Waals surface area contributed by atoms with Gasteiger partial charge >= 0.3 is 0 Å². The number of para-hydroxylation sites is 1. The Hall–Kier alpha value is -3.75.